The third-order valence-corrected chi connectivity index (χ3v) is 9.10. The molecule has 0 saturated carbocycles. The van der Waals surface area contributed by atoms with E-state index >= 15 is 0 Å². The zero-order valence-corrected chi connectivity index (χ0v) is 23.4. The highest BCUT2D eigenvalue weighted by atomic mass is 35.5. The molecule has 0 amide bonds. The maximum atomic E-state index is 7.05. The Morgan fingerprint density at radius 1 is 0.535 bits per heavy atom. The van der Waals surface area contributed by atoms with Crippen LogP contribution in [0.1, 0.15) is 0 Å². The van der Waals surface area contributed by atoms with Crippen molar-refractivity contribution in [2.45, 2.75) is 0 Å². The molecule has 0 aliphatic rings. The van der Waals surface area contributed by atoms with Crippen LogP contribution in [0, 0.1) is 0 Å². The quantitative estimate of drug-likeness (QED) is 0.185. The first-order chi connectivity index (χ1) is 21.3. The van der Waals surface area contributed by atoms with Crippen LogP contribution in [-0.2, 0) is 0 Å². The minimum atomic E-state index is 0.341. The van der Waals surface area contributed by atoms with Crippen LogP contribution in [0.2, 0.25) is 5.15 Å². The molecule has 0 N–H and O–H groups in total. The zero-order chi connectivity index (χ0) is 28.2. The highest BCUT2D eigenvalue weighted by Crippen LogP contribution is 2.47. The Bertz CT molecular complexity index is 2810. The monoisotopic (exact) mass is 569 g/mol. The fourth-order valence-corrected chi connectivity index (χ4v) is 7.28. The summed E-state index contributed by atoms with van der Waals surface area (Å²) in [5, 5.41) is 11.6. The first-order valence-electron chi connectivity index (χ1n) is 14.3. The minimum absolute atomic E-state index is 0.341. The molecule has 0 saturated heterocycles. The van der Waals surface area contributed by atoms with Gasteiger partial charge in [0.25, 0.3) is 0 Å². The average molecular weight is 570 g/mol. The van der Waals surface area contributed by atoms with E-state index in [-0.39, 0.29) is 0 Å². The average Bonchev–Trinajstić information content (AvgIpc) is 3.62. The third-order valence-electron chi connectivity index (χ3n) is 8.85. The van der Waals surface area contributed by atoms with Gasteiger partial charge >= 0.3 is 0 Å². The molecule has 5 heteroatoms. The second-order valence-electron chi connectivity index (χ2n) is 11.1. The van der Waals surface area contributed by atoms with Crippen molar-refractivity contribution in [2.24, 2.45) is 0 Å². The fraction of sp³-hybridized carbons (Fsp3) is 0. The fourth-order valence-electron chi connectivity index (χ4n) is 7.06. The number of rotatable bonds is 1. The summed E-state index contributed by atoms with van der Waals surface area (Å²) in [4.78, 5) is 10.1. The lowest BCUT2D eigenvalue weighted by Gasteiger charge is -2.12. The van der Waals surface area contributed by atoms with Crippen LogP contribution in [0.15, 0.2) is 126 Å². The molecule has 3 heterocycles. The van der Waals surface area contributed by atoms with Crippen LogP contribution >= 0.6 is 11.6 Å². The molecule has 43 heavy (non-hydrogen) atoms. The van der Waals surface area contributed by atoms with E-state index in [1.807, 2.05) is 18.2 Å². The first-order valence-corrected chi connectivity index (χ1v) is 14.7. The van der Waals surface area contributed by atoms with Crippen LogP contribution < -0.4 is 0 Å². The molecule has 200 valence electrons. The van der Waals surface area contributed by atoms with Gasteiger partial charge in [0, 0.05) is 26.9 Å². The van der Waals surface area contributed by atoms with Gasteiger partial charge in [-0.05, 0) is 45.1 Å². The Morgan fingerprint density at radius 2 is 1.16 bits per heavy atom. The molecule has 0 fully saturated rings. The number of hydrogen-bond donors (Lipinski definition) is 0. The molecule has 0 atom stereocenters. The summed E-state index contributed by atoms with van der Waals surface area (Å²) in [7, 11) is 0. The van der Waals surface area contributed by atoms with Crippen molar-refractivity contribution in [1.82, 2.24) is 14.5 Å². The number of para-hydroxylation sites is 1. The number of aromatic nitrogens is 3. The predicted molar refractivity (Wildman–Crippen MR) is 179 cm³/mol. The summed E-state index contributed by atoms with van der Waals surface area (Å²) in [6.45, 7) is 0. The first kappa shape index (κ1) is 23.1. The molecule has 0 bridgehead atoms. The summed E-state index contributed by atoms with van der Waals surface area (Å²) in [5.41, 5.74) is 5.18. The van der Waals surface area contributed by atoms with Crippen molar-refractivity contribution in [3.05, 3.63) is 126 Å². The van der Waals surface area contributed by atoms with Gasteiger partial charge in [-0.1, -0.05) is 115 Å². The number of hydrogen-bond acceptors (Lipinski definition) is 3. The van der Waals surface area contributed by atoms with E-state index in [0.717, 1.165) is 76.3 Å². The van der Waals surface area contributed by atoms with Crippen LogP contribution in [0.5, 0.6) is 0 Å². The predicted octanol–water partition coefficient (Wildman–Crippen LogP) is 10.7. The molecule has 10 aromatic rings. The molecule has 0 aliphatic heterocycles. The molecule has 3 aromatic heterocycles. The molecular weight excluding hydrogens is 550 g/mol. The second-order valence-corrected chi connectivity index (χ2v) is 11.4. The van der Waals surface area contributed by atoms with Gasteiger partial charge < -0.3 is 4.42 Å². The van der Waals surface area contributed by atoms with Crippen LogP contribution in [0.3, 0.4) is 0 Å². The highest BCUT2D eigenvalue weighted by Gasteiger charge is 2.25. The Morgan fingerprint density at radius 3 is 1.98 bits per heavy atom. The molecule has 10 rings (SSSR count). The maximum Gasteiger partial charge on any atom is 0.176 e. The lowest BCUT2D eigenvalue weighted by atomic mass is 9.96. The van der Waals surface area contributed by atoms with Gasteiger partial charge in [0.15, 0.2) is 16.6 Å². The summed E-state index contributed by atoms with van der Waals surface area (Å²) in [5.74, 6) is 0.582. The smallest absolute Gasteiger partial charge is 0.176 e. The maximum absolute atomic E-state index is 7.05. The topological polar surface area (TPSA) is 43.9 Å². The highest BCUT2D eigenvalue weighted by molar-refractivity contribution is 6.38. The lowest BCUT2D eigenvalue weighted by molar-refractivity contribution is 0.671. The van der Waals surface area contributed by atoms with Gasteiger partial charge in [0.05, 0.1) is 22.1 Å². The molecular formula is C38H20ClN3O. The van der Waals surface area contributed by atoms with E-state index in [1.165, 1.54) is 10.8 Å². The van der Waals surface area contributed by atoms with Crippen molar-refractivity contribution < 1.29 is 4.42 Å². The normalized spacial score (nSPS) is 12.3. The minimum Gasteiger partial charge on any atom is -0.454 e. The van der Waals surface area contributed by atoms with Crippen LogP contribution in [0.4, 0.5) is 0 Å². The van der Waals surface area contributed by atoms with Crippen LogP contribution in [0.25, 0.3) is 92.9 Å². The molecule has 0 radical (unpaired) electrons. The van der Waals surface area contributed by atoms with Gasteiger partial charge in [0.2, 0.25) is 0 Å². The molecule has 4 nitrogen and oxygen atoms in total. The molecule has 7 aromatic carbocycles. The van der Waals surface area contributed by atoms with Crippen molar-refractivity contribution >= 4 is 98.7 Å². The van der Waals surface area contributed by atoms with Crippen molar-refractivity contribution in [3.8, 4) is 5.82 Å². The van der Waals surface area contributed by atoms with Gasteiger partial charge in [-0.2, -0.15) is 0 Å². The van der Waals surface area contributed by atoms with Gasteiger partial charge in [-0.15, -0.1) is 0 Å². The number of nitrogens with zero attached hydrogens (tertiary/aromatic N) is 3. The standard InChI is InChI=1S/C38H20ClN3O/c39-37-38(41-34-24-12-4-2-10-22(24)17-19-28(34)40-37)42-29-16-8-7-15-27(29)31-25-13-5-6-14-26(25)33-32-23-11-3-1-9-21(23)18-20-30(32)43-36(33)35(31)42/h1-20H. The number of halogens is 1. The summed E-state index contributed by atoms with van der Waals surface area (Å²) >= 11 is 7.05. The van der Waals surface area contributed by atoms with E-state index in [9.17, 15) is 0 Å². The van der Waals surface area contributed by atoms with Crippen LogP contribution in [-0.4, -0.2) is 14.5 Å². The zero-order valence-electron chi connectivity index (χ0n) is 22.7. The summed E-state index contributed by atoms with van der Waals surface area (Å²) < 4.78 is 9.01. The number of fused-ring (bicyclic) bond motifs is 15. The second kappa shape index (κ2) is 8.31. The molecule has 0 unspecified atom stereocenters. The summed E-state index contributed by atoms with van der Waals surface area (Å²) in [6, 6.07) is 42.1. The van der Waals surface area contributed by atoms with Gasteiger partial charge in [-0.3, -0.25) is 4.57 Å². The van der Waals surface area contributed by atoms with E-state index in [2.05, 4.69) is 108 Å². The van der Waals surface area contributed by atoms with Crippen molar-refractivity contribution in [1.29, 1.82) is 0 Å². The van der Waals surface area contributed by atoms with Gasteiger partial charge in [0.1, 0.15) is 5.58 Å². The van der Waals surface area contributed by atoms with E-state index < -0.39 is 0 Å². The lowest BCUT2D eigenvalue weighted by Crippen LogP contribution is -2.02. The largest absolute Gasteiger partial charge is 0.454 e. The van der Waals surface area contributed by atoms with Gasteiger partial charge in [-0.25, -0.2) is 9.97 Å². The SMILES string of the molecule is Clc1nc2ccc3ccccc3c2nc1-n1c2ccccc2c2c3ccccc3c3c(oc4ccc5ccccc5c43)c21. The number of furan rings is 1. The Labute approximate surface area is 249 Å². The van der Waals surface area contributed by atoms with E-state index in [1.54, 1.807) is 0 Å². The molecule has 0 spiro atoms. The third kappa shape index (κ3) is 3.00. The number of benzene rings is 7. The van der Waals surface area contributed by atoms with E-state index in [4.69, 9.17) is 26.0 Å². The Hall–Kier alpha value is -5.45. The summed E-state index contributed by atoms with van der Waals surface area (Å²) in [6.07, 6.45) is 0. The molecule has 0 aliphatic carbocycles. The van der Waals surface area contributed by atoms with Crippen molar-refractivity contribution in [2.75, 3.05) is 0 Å². The Balaban J connectivity index is 1.49. The van der Waals surface area contributed by atoms with Crippen molar-refractivity contribution in [3.63, 3.8) is 0 Å². The Kier molecular flexibility index (Phi) is 4.47. The van der Waals surface area contributed by atoms with E-state index in [0.29, 0.717) is 11.0 Å².